The number of aromatic carboxylic acids is 2. The van der Waals surface area contributed by atoms with Crippen LogP contribution in [0.1, 0.15) is 132 Å². The van der Waals surface area contributed by atoms with Crippen LogP contribution in [0.25, 0.3) is 22.3 Å². The zero-order chi connectivity index (χ0) is 33.3. The van der Waals surface area contributed by atoms with Crippen molar-refractivity contribution >= 4 is 23.9 Å². The van der Waals surface area contributed by atoms with E-state index in [1.807, 2.05) is 0 Å². The molecule has 0 spiro atoms. The van der Waals surface area contributed by atoms with Gasteiger partial charge in [0, 0.05) is 5.56 Å². The predicted octanol–water partition coefficient (Wildman–Crippen LogP) is 9.45. The van der Waals surface area contributed by atoms with Crippen molar-refractivity contribution in [1.82, 2.24) is 0 Å². The van der Waals surface area contributed by atoms with Crippen LogP contribution in [0.5, 0.6) is 0 Å². The van der Waals surface area contributed by atoms with E-state index in [0.29, 0.717) is 41.0 Å². The number of benzene rings is 3. The Kier molecular flexibility index (Phi) is 15.0. The van der Waals surface area contributed by atoms with E-state index in [0.717, 1.165) is 38.5 Å². The Morgan fingerprint density at radius 2 is 0.957 bits per heavy atom. The molecule has 0 amide bonds. The Hall–Kier alpha value is -4.46. The molecule has 3 rings (SSSR count). The minimum absolute atomic E-state index is 0.0203. The second kappa shape index (κ2) is 19.1. The summed E-state index contributed by atoms with van der Waals surface area (Å²) >= 11 is 0. The molecule has 0 atom stereocenters. The molecule has 0 bridgehead atoms. The highest BCUT2D eigenvalue weighted by Gasteiger charge is 2.25. The minimum Gasteiger partial charge on any atom is -0.478 e. The van der Waals surface area contributed by atoms with E-state index in [9.17, 15) is 29.4 Å². The highest BCUT2D eigenvalue weighted by molar-refractivity contribution is 6.09. The van der Waals surface area contributed by atoms with Crippen LogP contribution in [0.3, 0.4) is 0 Å². The Labute approximate surface area is 271 Å². The Morgan fingerprint density at radius 3 is 1.39 bits per heavy atom. The van der Waals surface area contributed by atoms with E-state index in [2.05, 4.69) is 13.8 Å². The summed E-state index contributed by atoms with van der Waals surface area (Å²) in [5.74, 6) is -3.53. The van der Waals surface area contributed by atoms with Crippen molar-refractivity contribution in [1.29, 1.82) is 0 Å². The van der Waals surface area contributed by atoms with Gasteiger partial charge in [0.05, 0.1) is 35.5 Å². The van der Waals surface area contributed by atoms with Gasteiger partial charge in [0.25, 0.3) is 0 Å². The number of ether oxygens (including phenoxy) is 2. The highest BCUT2D eigenvalue weighted by Crippen LogP contribution is 2.36. The number of carboxylic acids is 2. The number of esters is 2. The molecule has 0 radical (unpaired) electrons. The Balaban J connectivity index is 1.77. The molecule has 0 fully saturated rings. The lowest BCUT2D eigenvalue weighted by Gasteiger charge is -2.16. The molecule has 0 saturated carbocycles. The molecule has 0 aliphatic rings. The summed E-state index contributed by atoms with van der Waals surface area (Å²) in [4.78, 5) is 49.9. The van der Waals surface area contributed by atoms with Gasteiger partial charge in [-0.15, -0.1) is 0 Å². The van der Waals surface area contributed by atoms with Crippen molar-refractivity contribution in [2.45, 2.75) is 90.9 Å². The SMILES string of the molecule is CCCCCCCCOC(=O)c1ccc(-c2ccc(C(=O)O)c(-c3ccc(C(=O)OCCCCCCCC)cc3)c2C(=O)O)cc1. The van der Waals surface area contributed by atoms with Gasteiger partial charge in [-0.3, -0.25) is 0 Å². The molecule has 0 saturated heterocycles. The van der Waals surface area contributed by atoms with Gasteiger partial charge in [-0.25, -0.2) is 19.2 Å². The minimum atomic E-state index is -1.31. The third kappa shape index (κ3) is 10.6. The van der Waals surface area contributed by atoms with Gasteiger partial charge >= 0.3 is 23.9 Å². The standard InChI is InChI=1S/C38H46O8/c1-3-5-7-9-11-13-25-45-37(43)29-19-15-27(16-20-29)31-23-24-32(35(39)40)33(34(31)36(41)42)28-17-21-30(22-18-28)38(44)46-26-14-12-10-8-6-4-2/h15-24H,3-14,25-26H2,1-2H3,(H,39,40)(H,41,42). The van der Waals surface area contributed by atoms with E-state index < -0.39 is 23.9 Å². The molecule has 2 N–H and O–H groups in total. The average molecular weight is 631 g/mol. The first kappa shape index (κ1) is 36.0. The maximum absolute atomic E-state index is 12.6. The maximum atomic E-state index is 12.6. The van der Waals surface area contributed by atoms with Gasteiger partial charge in [0.15, 0.2) is 0 Å². The third-order valence-corrected chi connectivity index (χ3v) is 7.95. The largest absolute Gasteiger partial charge is 0.478 e. The quantitative estimate of drug-likeness (QED) is 0.0933. The van der Waals surface area contributed by atoms with E-state index >= 15 is 0 Å². The highest BCUT2D eigenvalue weighted by atomic mass is 16.5. The summed E-state index contributed by atoms with van der Waals surface area (Å²) in [5, 5.41) is 20.2. The summed E-state index contributed by atoms with van der Waals surface area (Å²) in [7, 11) is 0. The number of carboxylic acid groups (broad SMARTS) is 2. The zero-order valence-electron chi connectivity index (χ0n) is 27.0. The monoisotopic (exact) mass is 630 g/mol. The summed E-state index contributed by atoms with van der Waals surface area (Å²) in [6.07, 6.45) is 12.9. The van der Waals surface area contributed by atoms with Gasteiger partial charge in [-0.2, -0.15) is 0 Å². The van der Waals surface area contributed by atoms with Crippen LogP contribution in [-0.2, 0) is 9.47 Å². The molecular formula is C38H46O8. The molecular weight excluding hydrogens is 584 g/mol. The number of rotatable bonds is 20. The van der Waals surface area contributed by atoms with Gasteiger partial charge in [0.2, 0.25) is 0 Å². The number of unbranched alkanes of at least 4 members (excludes halogenated alkanes) is 10. The summed E-state index contributed by atoms with van der Waals surface area (Å²) in [6, 6.07) is 15.3. The number of carbonyl (C=O) groups is 4. The van der Waals surface area contributed by atoms with Crippen molar-refractivity contribution in [3.8, 4) is 22.3 Å². The maximum Gasteiger partial charge on any atom is 0.338 e. The molecule has 46 heavy (non-hydrogen) atoms. The van der Waals surface area contributed by atoms with Crippen LogP contribution < -0.4 is 0 Å². The van der Waals surface area contributed by atoms with Crippen LogP contribution in [0.15, 0.2) is 60.7 Å². The van der Waals surface area contributed by atoms with Crippen LogP contribution in [0.4, 0.5) is 0 Å². The fourth-order valence-corrected chi connectivity index (χ4v) is 5.36. The lowest BCUT2D eigenvalue weighted by molar-refractivity contribution is 0.0488. The van der Waals surface area contributed by atoms with Crippen molar-refractivity contribution in [3.63, 3.8) is 0 Å². The fraction of sp³-hybridized carbons (Fsp3) is 0.421. The fourth-order valence-electron chi connectivity index (χ4n) is 5.36. The van der Waals surface area contributed by atoms with Crippen LogP contribution in [-0.4, -0.2) is 47.3 Å². The van der Waals surface area contributed by atoms with E-state index in [4.69, 9.17) is 9.47 Å². The number of hydrogen-bond acceptors (Lipinski definition) is 6. The molecule has 8 heteroatoms. The van der Waals surface area contributed by atoms with Crippen molar-refractivity contribution < 1.29 is 38.9 Å². The number of carbonyl (C=O) groups excluding carboxylic acids is 2. The first-order valence-electron chi connectivity index (χ1n) is 16.5. The lowest BCUT2D eigenvalue weighted by atomic mass is 9.87. The van der Waals surface area contributed by atoms with Crippen LogP contribution in [0.2, 0.25) is 0 Å². The van der Waals surface area contributed by atoms with Crippen LogP contribution in [0, 0.1) is 0 Å². The van der Waals surface area contributed by atoms with Gasteiger partial charge in [0.1, 0.15) is 0 Å². The van der Waals surface area contributed by atoms with E-state index in [-0.39, 0.29) is 16.7 Å². The summed E-state index contributed by atoms with van der Waals surface area (Å²) in [5.41, 5.74) is 1.39. The second-order valence-electron chi connectivity index (χ2n) is 11.5. The molecule has 0 aromatic heterocycles. The molecule has 3 aromatic carbocycles. The molecule has 0 unspecified atom stereocenters. The molecule has 3 aromatic rings. The smallest absolute Gasteiger partial charge is 0.338 e. The average Bonchev–Trinajstić information content (AvgIpc) is 3.06. The summed E-state index contributed by atoms with van der Waals surface area (Å²) in [6.45, 7) is 4.98. The molecule has 0 aliphatic heterocycles. The molecule has 246 valence electrons. The van der Waals surface area contributed by atoms with Crippen LogP contribution >= 0.6 is 0 Å². The second-order valence-corrected chi connectivity index (χ2v) is 11.5. The summed E-state index contributed by atoms with van der Waals surface area (Å²) < 4.78 is 10.8. The van der Waals surface area contributed by atoms with Crippen molar-refractivity contribution in [2.24, 2.45) is 0 Å². The predicted molar refractivity (Wildman–Crippen MR) is 179 cm³/mol. The third-order valence-electron chi connectivity index (χ3n) is 7.95. The van der Waals surface area contributed by atoms with E-state index in [1.165, 1.54) is 74.9 Å². The Morgan fingerprint density at radius 1 is 0.522 bits per heavy atom. The number of hydrogen-bond donors (Lipinski definition) is 2. The van der Waals surface area contributed by atoms with E-state index in [1.54, 1.807) is 24.3 Å². The van der Waals surface area contributed by atoms with Crippen molar-refractivity contribution in [2.75, 3.05) is 13.2 Å². The Bertz CT molecular complexity index is 1440. The van der Waals surface area contributed by atoms with Gasteiger partial charge in [-0.05, 0) is 59.9 Å². The molecule has 0 heterocycles. The lowest BCUT2D eigenvalue weighted by Crippen LogP contribution is -2.10. The normalized spacial score (nSPS) is 10.8. The first-order valence-corrected chi connectivity index (χ1v) is 16.5. The van der Waals surface area contributed by atoms with Gasteiger partial charge in [-0.1, -0.05) is 108 Å². The topological polar surface area (TPSA) is 127 Å². The zero-order valence-corrected chi connectivity index (χ0v) is 27.0. The molecule has 0 aliphatic carbocycles. The molecule has 8 nitrogen and oxygen atoms in total. The van der Waals surface area contributed by atoms with Crippen molar-refractivity contribution in [3.05, 3.63) is 82.9 Å². The first-order chi connectivity index (χ1) is 22.3. The van der Waals surface area contributed by atoms with Gasteiger partial charge < -0.3 is 19.7 Å².